The van der Waals surface area contributed by atoms with E-state index in [1.54, 1.807) is 13.2 Å². The predicted molar refractivity (Wildman–Crippen MR) is 51.4 cm³/mol. The highest BCUT2D eigenvalue weighted by molar-refractivity contribution is 5.42. The molecule has 2 N–H and O–H groups in total. The topological polar surface area (TPSA) is 41.5 Å². The Morgan fingerprint density at radius 1 is 1.31 bits per heavy atom. The zero-order valence-electron chi connectivity index (χ0n) is 8.22. The molecular formula is C10H15NO2. The molecule has 0 aliphatic heterocycles. The van der Waals surface area contributed by atoms with Crippen LogP contribution in [-0.4, -0.2) is 12.2 Å². The Balaban J connectivity index is 2.90. The van der Waals surface area contributed by atoms with E-state index in [0.717, 1.165) is 16.7 Å². The van der Waals surface area contributed by atoms with E-state index in [0.29, 0.717) is 12.3 Å². The summed E-state index contributed by atoms with van der Waals surface area (Å²) in [4.78, 5) is 4.76. The van der Waals surface area contributed by atoms with Crippen molar-refractivity contribution in [3.05, 3.63) is 28.8 Å². The van der Waals surface area contributed by atoms with Crippen molar-refractivity contribution in [2.24, 2.45) is 0 Å². The van der Waals surface area contributed by atoms with Crippen LogP contribution in [0.15, 0.2) is 12.1 Å². The number of hydroxylamine groups is 1. The third-order valence-electron chi connectivity index (χ3n) is 2.28. The molecule has 3 nitrogen and oxygen atoms in total. The first kappa shape index (κ1) is 10.0. The second-order valence-corrected chi connectivity index (χ2v) is 3.02. The van der Waals surface area contributed by atoms with E-state index >= 15 is 0 Å². The van der Waals surface area contributed by atoms with Crippen LogP contribution in [0.25, 0.3) is 0 Å². The van der Waals surface area contributed by atoms with E-state index in [1.807, 2.05) is 19.9 Å². The average molecular weight is 181 g/mol. The number of hydrogen-bond donors (Lipinski definition) is 2. The lowest BCUT2D eigenvalue weighted by Gasteiger charge is -2.09. The number of rotatable bonds is 3. The van der Waals surface area contributed by atoms with Gasteiger partial charge in [0.15, 0.2) is 0 Å². The smallest absolute Gasteiger partial charge is 0.118 e. The van der Waals surface area contributed by atoms with Gasteiger partial charge in [0.2, 0.25) is 0 Å². The number of phenols is 1. The van der Waals surface area contributed by atoms with Crippen LogP contribution in [0.3, 0.4) is 0 Å². The third-order valence-corrected chi connectivity index (χ3v) is 2.28. The van der Waals surface area contributed by atoms with Crippen molar-refractivity contribution in [2.75, 3.05) is 7.11 Å². The summed E-state index contributed by atoms with van der Waals surface area (Å²) in [7, 11) is 1.59. The molecule has 0 atom stereocenters. The largest absolute Gasteiger partial charge is 0.508 e. The molecule has 13 heavy (non-hydrogen) atoms. The quantitative estimate of drug-likeness (QED) is 0.697. The van der Waals surface area contributed by atoms with Gasteiger partial charge < -0.3 is 9.94 Å². The van der Waals surface area contributed by atoms with Gasteiger partial charge in [0, 0.05) is 6.54 Å². The molecule has 0 bridgehead atoms. The molecule has 0 aliphatic rings. The maximum Gasteiger partial charge on any atom is 0.118 e. The lowest BCUT2D eigenvalue weighted by Crippen LogP contribution is -2.12. The lowest BCUT2D eigenvalue weighted by molar-refractivity contribution is 0.0865. The van der Waals surface area contributed by atoms with E-state index in [-0.39, 0.29) is 0 Å². The van der Waals surface area contributed by atoms with Crippen LogP contribution >= 0.6 is 0 Å². The van der Waals surface area contributed by atoms with E-state index < -0.39 is 0 Å². The third kappa shape index (κ3) is 2.20. The minimum absolute atomic E-state index is 0.346. The van der Waals surface area contributed by atoms with Crippen molar-refractivity contribution in [1.29, 1.82) is 0 Å². The molecule has 1 aromatic carbocycles. The monoisotopic (exact) mass is 181 g/mol. The van der Waals surface area contributed by atoms with Crippen molar-refractivity contribution in [1.82, 2.24) is 5.48 Å². The highest BCUT2D eigenvalue weighted by Crippen LogP contribution is 2.22. The standard InChI is InChI=1S/C10H15NO2/c1-7-8(2)10(12)5-4-9(7)6-11-13-3/h4-5,11-12H,6H2,1-3H3. The van der Waals surface area contributed by atoms with Crippen LogP contribution in [0.4, 0.5) is 0 Å². The first-order valence-corrected chi connectivity index (χ1v) is 4.20. The zero-order chi connectivity index (χ0) is 9.84. The summed E-state index contributed by atoms with van der Waals surface area (Å²) in [5.74, 6) is 0.346. The predicted octanol–water partition coefficient (Wildman–Crippen LogP) is 1.66. The number of hydrogen-bond acceptors (Lipinski definition) is 3. The van der Waals surface area contributed by atoms with Gasteiger partial charge in [-0.1, -0.05) is 6.07 Å². The van der Waals surface area contributed by atoms with E-state index in [4.69, 9.17) is 4.84 Å². The van der Waals surface area contributed by atoms with Gasteiger partial charge >= 0.3 is 0 Å². The highest BCUT2D eigenvalue weighted by Gasteiger charge is 2.04. The zero-order valence-corrected chi connectivity index (χ0v) is 8.22. The fourth-order valence-electron chi connectivity index (χ4n) is 1.20. The van der Waals surface area contributed by atoms with Gasteiger partial charge in [-0.15, -0.1) is 0 Å². The molecule has 0 radical (unpaired) electrons. The van der Waals surface area contributed by atoms with E-state index in [1.165, 1.54) is 0 Å². The fourth-order valence-corrected chi connectivity index (χ4v) is 1.20. The summed E-state index contributed by atoms with van der Waals surface area (Å²) in [6.45, 7) is 4.55. The Labute approximate surface area is 78.3 Å². The molecule has 0 amide bonds. The van der Waals surface area contributed by atoms with E-state index in [9.17, 15) is 5.11 Å². The van der Waals surface area contributed by atoms with Gasteiger partial charge in [-0.3, -0.25) is 0 Å². The first-order valence-electron chi connectivity index (χ1n) is 4.20. The van der Waals surface area contributed by atoms with Gasteiger partial charge in [0.1, 0.15) is 5.75 Å². The Morgan fingerprint density at radius 3 is 2.62 bits per heavy atom. The fraction of sp³-hybridized carbons (Fsp3) is 0.400. The van der Waals surface area contributed by atoms with Crippen molar-refractivity contribution in [3.8, 4) is 5.75 Å². The first-order chi connectivity index (χ1) is 6.16. The minimum atomic E-state index is 0.346. The Hall–Kier alpha value is -1.06. The summed E-state index contributed by atoms with van der Waals surface area (Å²) >= 11 is 0. The minimum Gasteiger partial charge on any atom is -0.508 e. The summed E-state index contributed by atoms with van der Waals surface area (Å²) in [5.41, 5.74) is 5.93. The summed E-state index contributed by atoms with van der Waals surface area (Å²) in [6, 6.07) is 3.60. The molecule has 1 rings (SSSR count). The summed E-state index contributed by atoms with van der Waals surface area (Å²) in [6.07, 6.45) is 0. The normalized spacial score (nSPS) is 10.4. The van der Waals surface area contributed by atoms with Crippen LogP contribution in [0.1, 0.15) is 16.7 Å². The van der Waals surface area contributed by atoms with Crippen LogP contribution in [0, 0.1) is 13.8 Å². The van der Waals surface area contributed by atoms with Crippen LogP contribution in [0.2, 0.25) is 0 Å². The molecule has 0 heterocycles. The van der Waals surface area contributed by atoms with Crippen molar-refractivity contribution in [2.45, 2.75) is 20.4 Å². The van der Waals surface area contributed by atoms with Crippen LogP contribution in [-0.2, 0) is 11.4 Å². The average Bonchev–Trinajstić information content (AvgIpc) is 2.13. The molecule has 0 aliphatic carbocycles. The molecule has 0 fully saturated rings. The molecule has 0 spiro atoms. The maximum absolute atomic E-state index is 9.40. The van der Waals surface area contributed by atoms with Gasteiger partial charge in [-0.05, 0) is 36.6 Å². The van der Waals surface area contributed by atoms with Crippen molar-refractivity contribution >= 4 is 0 Å². The van der Waals surface area contributed by atoms with Crippen molar-refractivity contribution in [3.63, 3.8) is 0 Å². The Kier molecular flexibility index (Phi) is 3.28. The Morgan fingerprint density at radius 2 is 2.00 bits per heavy atom. The van der Waals surface area contributed by atoms with Crippen LogP contribution in [0.5, 0.6) is 5.75 Å². The molecule has 0 saturated heterocycles. The second kappa shape index (κ2) is 4.25. The highest BCUT2D eigenvalue weighted by atomic mass is 16.6. The van der Waals surface area contributed by atoms with Gasteiger partial charge in [-0.2, -0.15) is 5.48 Å². The summed E-state index contributed by atoms with van der Waals surface area (Å²) < 4.78 is 0. The molecule has 72 valence electrons. The second-order valence-electron chi connectivity index (χ2n) is 3.02. The number of phenolic OH excluding ortho intramolecular Hbond substituents is 1. The number of benzene rings is 1. The molecule has 0 aromatic heterocycles. The number of nitrogens with one attached hydrogen (secondary N) is 1. The van der Waals surface area contributed by atoms with Gasteiger partial charge in [-0.25, -0.2) is 0 Å². The number of aromatic hydroxyl groups is 1. The Bertz CT molecular complexity index is 297. The van der Waals surface area contributed by atoms with Gasteiger partial charge in [0.25, 0.3) is 0 Å². The summed E-state index contributed by atoms with van der Waals surface area (Å²) in [5, 5.41) is 9.40. The van der Waals surface area contributed by atoms with Crippen molar-refractivity contribution < 1.29 is 9.94 Å². The molecule has 1 aromatic rings. The molecular weight excluding hydrogens is 166 g/mol. The SMILES string of the molecule is CONCc1ccc(O)c(C)c1C. The van der Waals surface area contributed by atoms with E-state index in [2.05, 4.69) is 5.48 Å². The molecule has 0 unspecified atom stereocenters. The lowest BCUT2D eigenvalue weighted by atomic mass is 10.0. The molecule has 0 saturated carbocycles. The molecule has 3 heteroatoms. The van der Waals surface area contributed by atoms with Crippen LogP contribution < -0.4 is 5.48 Å². The van der Waals surface area contributed by atoms with Gasteiger partial charge in [0.05, 0.1) is 7.11 Å². The maximum atomic E-state index is 9.40.